The van der Waals surface area contributed by atoms with Crippen LogP contribution in [0.4, 0.5) is 0 Å². The molecule has 1 atom stereocenters. The van der Waals surface area contributed by atoms with Crippen molar-refractivity contribution in [2.24, 2.45) is 0 Å². The molecule has 21 heavy (non-hydrogen) atoms. The Morgan fingerprint density at radius 1 is 1.38 bits per heavy atom. The molecule has 1 unspecified atom stereocenters. The summed E-state index contributed by atoms with van der Waals surface area (Å²) in [6, 6.07) is 8.90. The topological polar surface area (TPSA) is 79.3 Å². The van der Waals surface area contributed by atoms with Crippen LogP contribution in [0.5, 0.6) is 0 Å². The highest BCUT2D eigenvalue weighted by atomic mass is 35.5. The summed E-state index contributed by atoms with van der Waals surface area (Å²) in [6.45, 7) is 2.83. The first-order valence-corrected chi connectivity index (χ1v) is 8.79. The Bertz CT molecular complexity index is 731. The second-order valence-electron chi connectivity index (χ2n) is 4.80. The molecule has 0 fully saturated rings. The van der Waals surface area contributed by atoms with Crippen molar-refractivity contribution in [3.8, 4) is 0 Å². The monoisotopic (exact) mass is 346 g/mol. The summed E-state index contributed by atoms with van der Waals surface area (Å²) >= 11 is 6.65. The van der Waals surface area contributed by atoms with Crippen LogP contribution in [0.1, 0.15) is 18.2 Å². The molecule has 0 aliphatic carbocycles. The predicted octanol–water partition coefficient (Wildman–Crippen LogP) is 2.29. The Morgan fingerprint density at radius 2 is 2.00 bits per heavy atom. The molecular weight excluding hydrogens is 332 g/mol. The fourth-order valence-corrected chi connectivity index (χ4v) is 5.06. The third-order valence-electron chi connectivity index (χ3n) is 3.06. The average molecular weight is 347 g/mol. The number of hydrogen-bond donors (Lipinski definition) is 2. The molecule has 8 heteroatoms. The van der Waals surface area contributed by atoms with Crippen LogP contribution >= 0.6 is 22.9 Å². The lowest BCUT2D eigenvalue weighted by Gasteiger charge is -2.28. The van der Waals surface area contributed by atoms with E-state index in [0.717, 1.165) is 11.3 Å². The van der Waals surface area contributed by atoms with Gasteiger partial charge in [0.1, 0.15) is 0 Å². The molecule has 0 aliphatic heterocycles. The third-order valence-corrected chi connectivity index (χ3v) is 6.53. The number of sulfonamides is 1. The first-order chi connectivity index (χ1) is 9.78. The number of aryl methyl sites for hydroxylation is 1. The van der Waals surface area contributed by atoms with Crippen LogP contribution in [0.3, 0.4) is 0 Å². The molecule has 5 nitrogen and oxygen atoms in total. The van der Waals surface area contributed by atoms with E-state index in [1.807, 2.05) is 6.07 Å². The molecule has 0 saturated heterocycles. The third kappa shape index (κ3) is 3.44. The van der Waals surface area contributed by atoms with Crippen LogP contribution in [-0.2, 0) is 15.6 Å². The second kappa shape index (κ2) is 6.02. The van der Waals surface area contributed by atoms with E-state index in [2.05, 4.69) is 9.71 Å². The van der Waals surface area contributed by atoms with Crippen molar-refractivity contribution in [2.45, 2.75) is 23.6 Å². The van der Waals surface area contributed by atoms with Crippen molar-refractivity contribution in [3.05, 3.63) is 46.1 Å². The van der Waals surface area contributed by atoms with Crippen molar-refractivity contribution >= 4 is 33.0 Å². The van der Waals surface area contributed by atoms with Gasteiger partial charge in [-0.05, 0) is 19.4 Å². The van der Waals surface area contributed by atoms with Gasteiger partial charge in [0.25, 0.3) is 10.0 Å². The first-order valence-electron chi connectivity index (χ1n) is 6.12. The predicted molar refractivity (Wildman–Crippen MR) is 83.1 cm³/mol. The quantitative estimate of drug-likeness (QED) is 0.870. The van der Waals surface area contributed by atoms with E-state index in [1.54, 1.807) is 38.1 Å². The number of nitrogens with zero attached hydrogens (tertiary/aromatic N) is 1. The van der Waals surface area contributed by atoms with Crippen molar-refractivity contribution in [1.29, 1.82) is 0 Å². The maximum absolute atomic E-state index is 12.5. The molecule has 2 N–H and O–H groups in total. The fraction of sp³-hybridized carbons (Fsp3) is 0.308. The minimum absolute atomic E-state index is 0.0584. The maximum Gasteiger partial charge on any atom is 0.252 e. The molecule has 0 saturated carbocycles. The summed E-state index contributed by atoms with van der Waals surface area (Å²) in [5.74, 6) is 0. The summed E-state index contributed by atoms with van der Waals surface area (Å²) in [7, 11) is -3.83. The number of aromatic nitrogens is 1. The molecule has 2 rings (SSSR count). The van der Waals surface area contributed by atoms with Gasteiger partial charge in [-0.2, -0.15) is 4.72 Å². The van der Waals surface area contributed by atoms with Crippen molar-refractivity contribution in [3.63, 3.8) is 0 Å². The van der Waals surface area contributed by atoms with Crippen LogP contribution in [0.25, 0.3) is 0 Å². The first kappa shape index (κ1) is 16.4. The number of rotatable bonds is 5. The lowest BCUT2D eigenvalue weighted by molar-refractivity contribution is 0.196. The number of benzene rings is 1. The maximum atomic E-state index is 12.5. The molecular formula is C13H15ClN2O3S2. The molecule has 2 aromatic rings. The molecule has 0 spiro atoms. The van der Waals surface area contributed by atoms with Crippen molar-refractivity contribution in [1.82, 2.24) is 9.71 Å². The standard InChI is InChI=1S/C13H15ClN2O3S2/c1-9-11(20-12(14)15-9)21(18,19)16-13(2,8-17)10-6-4-3-5-7-10/h3-7,16-17H,8H2,1-2H3. The summed E-state index contributed by atoms with van der Waals surface area (Å²) < 4.78 is 27.8. The van der Waals surface area contributed by atoms with E-state index in [1.165, 1.54) is 0 Å². The number of nitrogens with one attached hydrogen (secondary N) is 1. The van der Waals surface area contributed by atoms with Crippen LogP contribution in [0.15, 0.2) is 34.5 Å². The zero-order chi connectivity index (χ0) is 15.7. The van der Waals surface area contributed by atoms with E-state index < -0.39 is 15.6 Å². The lowest BCUT2D eigenvalue weighted by atomic mass is 9.94. The molecule has 1 aromatic heterocycles. The van der Waals surface area contributed by atoms with Gasteiger partial charge in [-0.25, -0.2) is 13.4 Å². The van der Waals surface area contributed by atoms with Crippen LogP contribution in [0.2, 0.25) is 4.47 Å². The van der Waals surface area contributed by atoms with E-state index in [-0.39, 0.29) is 15.3 Å². The Hall–Kier alpha value is -0.990. The summed E-state index contributed by atoms with van der Waals surface area (Å²) in [5, 5.41) is 9.66. The van der Waals surface area contributed by atoms with E-state index >= 15 is 0 Å². The van der Waals surface area contributed by atoms with Gasteiger partial charge >= 0.3 is 0 Å². The van der Waals surface area contributed by atoms with Crippen molar-refractivity contribution in [2.75, 3.05) is 6.61 Å². The van der Waals surface area contributed by atoms with Gasteiger partial charge in [0.05, 0.1) is 17.8 Å². The summed E-state index contributed by atoms with van der Waals surface area (Å²) in [4.78, 5) is 3.91. The van der Waals surface area contributed by atoms with Gasteiger partial charge in [0.2, 0.25) is 0 Å². The Balaban J connectivity index is 2.40. The van der Waals surface area contributed by atoms with Gasteiger partial charge in [0.15, 0.2) is 8.68 Å². The highest BCUT2D eigenvalue weighted by Gasteiger charge is 2.33. The minimum Gasteiger partial charge on any atom is -0.394 e. The molecule has 0 radical (unpaired) electrons. The zero-order valence-corrected chi connectivity index (χ0v) is 13.9. The van der Waals surface area contributed by atoms with Crippen LogP contribution < -0.4 is 4.72 Å². The fourth-order valence-electron chi connectivity index (χ4n) is 1.93. The van der Waals surface area contributed by atoms with Crippen LogP contribution in [0, 0.1) is 6.92 Å². The smallest absolute Gasteiger partial charge is 0.252 e. The highest BCUT2D eigenvalue weighted by Crippen LogP contribution is 2.29. The van der Waals surface area contributed by atoms with Gasteiger partial charge in [-0.15, -0.1) is 0 Å². The number of hydrogen-bond acceptors (Lipinski definition) is 5. The van der Waals surface area contributed by atoms with E-state index in [4.69, 9.17) is 11.6 Å². The second-order valence-corrected chi connectivity index (χ2v) is 8.26. The van der Waals surface area contributed by atoms with Crippen LogP contribution in [-0.4, -0.2) is 25.1 Å². The Labute approximate surface area is 132 Å². The average Bonchev–Trinajstić information content (AvgIpc) is 2.79. The van der Waals surface area contributed by atoms with Gasteiger partial charge in [-0.1, -0.05) is 53.3 Å². The largest absolute Gasteiger partial charge is 0.394 e. The highest BCUT2D eigenvalue weighted by molar-refractivity contribution is 7.91. The number of halogens is 1. The van der Waals surface area contributed by atoms with Gasteiger partial charge in [0, 0.05) is 0 Å². The molecule has 114 valence electrons. The minimum atomic E-state index is -3.83. The lowest BCUT2D eigenvalue weighted by Crippen LogP contribution is -2.46. The normalized spacial score (nSPS) is 14.9. The molecule has 0 bridgehead atoms. The number of thiazole rings is 1. The van der Waals surface area contributed by atoms with Gasteiger partial charge < -0.3 is 5.11 Å². The Kier molecular flexibility index (Phi) is 4.69. The summed E-state index contributed by atoms with van der Waals surface area (Å²) in [6.07, 6.45) is 0. The number of aliphatic hydroxyl groups excluding tert-OH is 1. The van der Waals surface area contributed by atoms with Crippen molar-refractivity contribution < 1.29 is 13.5 Å². The van der Waals surface area contributed by atoms with E-state index in [0.29, 0.717) is 11.3 Å². The van der Waals surface area contributed by atoms with Gasteiger partial charge in [-0.3, -0.25) is 0 Å². The molecule has 0 amide bonds. The number of aliphatic hydroxyl groups is 1. The summed E-state index contributed by atoms with van der Waals surface area (Å²) in [5.41, 5.74) is -0.113. The Morgan fingerprint density at radius 3 is 2.48 bits per heavy atom. The van der Waals surface area contributed by atoms with E-state index in [9.17, 15) is 13.5 Å². The molecule has 1 aromatic carbocycles. The SMILES string of the molecule is Cc1nc(Cl)sc1S(=O)(=O)NC(C)(CO)c1ccccc1. The zero-order valence-electron chi connectivity index (χ0n) is 11.5. The molecule has 1 heterocycles. The molecule has 0 aliphatic rings.